The number of hydrogen-bond donors (Lipinski definition) is 0. The van der Waals surface area contributed by atoms with E-state index in [1.54, 1.807) is 18.3 Å². The molecule has 2 rings (SSSR count). The van der Waals surface area contributed by atoms with Gasteiger partial charge in [-0.1, -0.05) is 29.3 Å². The van der Waals surface area contributed by atoms with Crippen LogP contribution >= 0.6 is 35.0 Å². The summed E-state index contributed by atoms with van der Waals surface area (Å²) in [7, 11) is 0. The molecule has 2 heterocycles. The first-order chi connectivity index (χ1) is 9.99. The molecule has 0 aromatic carbocycles. The molecule has 8 heteroatoms. The Hall–Kier alpha value is -0.850. The Bertz CT molecular complexity index is 552. The second-order valence-electron chi connectivity index (χ2n) is 4.40. The average Bonchev–Trinajstić information content (AvgIpc) is 2.48. The van der Waals surface area contributed by atoms with Gasteiger partial charge >= 0.3 is 6.43 Å². The van der Waals surface area contributed by atoms with E-state index in [1.807, 2.05) is 4.90 Å². The third-order valence-electron chi connectivity index (χ3n) is 2.86. The van der Waals surface area contributed by atoms with Crippen molar-refractivity contribution in [2.75, 3.05) is 12.3 Å². The molecule has 21 heavy (non-hydrogen) atoms. The summed E-state index contributed by atoms with van der Waals surface area (Å²) in [6, 6.07) is 3.46. The summed E-state index contributed by atoms with van der Waals surface area (Å²) < 4.78 is 25.0. The van der Waals surface area contributed by atoms with E-state index in [0.29, 0.717) is 23.3 Å². The van der Waals surface area contributed by atoms with Crippen LogP contribution in [0.1, 0.15) is 12.0 Å². The highest BCUT2D eigenvalue weighted by atomic mass is 35.5. The Labute approximate surface area is 135 Å². The third kappa shape index (κ3) is 4.31. The van der Waals surface area contributed by atoms with Crippen LogP contribution < -0.4 is 0 Å². The second kappa shape index (κ2) is 7.42. The number of aromatic nitrogens is 1. The number of hydrogen-bond acceptors (Lipinski definition) is 4. The number of ketones is 1. The summed E-state index contributed by atoms with van der Waals surface area (Å²) in [4.78, 5) is 17.2. The number of allylic oxidation sites excluding steroid dienone is 1. The van der Waals surface area contributed by atoms with Gasteiger partial charge in [-0.25, -0.2) is 13.8 Å². The maximum Gasteiger partial charge on any atom is 0.301 e. The van der Waals surface area contributed by atoms with Gasteiger partial charge in [0, 0.05) is 25.0 Å². The number of rotatable bonds is 4. The zero-order chi connectivity index (χ0) is 15.4. The van der Waals surface area contributed by atoms with E-state index in [9.17, 15) is 13.6 Å². The van der Waals surface area contributed by atoms with Crippen molar-refractivity contribution in [3.63, 3.8) is 0 Å². The molecule has 0 N–H and O–H groups in total. The van der Waals surface area contributed by atoms with Crippen molar-refractivity contribution < 1.29 is 13.6 Å². The fourth-order valence-corrected chi connectivity index (χ4v) is 3.40. The van der Waals surface area contributed by atoms with Crippen molar-refractivity contribution in [3.8, 4) is 0 Å². The Balaban J connectivity index is 2.21. The molecule has 0 spiro atoms. The lowest BCUT2D eigenvalue weighted by Gasteiger charge is -2.31. The largest absolute Gasteiger partial charge is 0.361 e. The van der Waals surface area contributed by atoms with Gasteiger partial charge in [0.2, 0.25) is 5.78 Å². The van der Waals surface area contributed by atoms with Crippen LogP contribution in [0, 0.1) is 0 Å². The lowest BCUT2D eigenvalue weighted by molar-refractivity contribution is -0.125. The van der Waals surface area contributed by atoms with Crippen LogP contribution in [0.4, 0.5) is 8.78 Å². The molecule has 1 aromatic heterocycles. The van der Waals surface area contributed by atoms with Crippen LogP contribution in [0.3, 0.4) is 0 Å². The normalized spacial score (nSPS) is 18.0. The van der Waals surface area contributed by atoms with Gasteiger partial charge in [0.15, 0.2) is 0 Å². The van der Waals surface area contributed by atoms with Crippen LogP contribution in [0.2, 0.25) is 5.15 Å². The third-order valence-corrected chi connectivity index (χ3v) is 4.79. The molecule has 0 aliphatic carbocycles. The zero-order valence-corrected chi connectivity index (χ0v) is 13.2. The first kappa shape index (κ1) is 16.5. The molecule has 0 saturated carbocycles. The van der Waals surface area contributed by atoms with Gasteiger partial charge in [0.25, 0.3) is 0 Å². The van der Waals surface area contributed by atoms with E-state index in [0.717, 1.165) is 17.7 Å². The Morgan fingerprint density at radius 1 is 1.48 bits per heavy atom. The number of nitrogens with zero attached hydrogens (tertiary/aromatic N) is 2. The smallest absolute Gasteiger partial charge is 0.301 e. The fourth-order valence-electron chi connectivity index (χ4n) is 1.89. The number of carbonyl (C=O) groups excluding carboxylic acids is 1. The van der Waals surface area contributed by atoms with Crippen molar-refractivity contribution >= 4 is 40.7 Å². The lowest BCUT2D eigenvalue weighted by atomic mass is 10.2. The monoisotopic (exact) mass is 352 g/mol. The average molecular weight is 353 g/mol. The first-order valence-electron chi connectivity index (χ1n) is 6.19. The number of alkyl halides is 2. The molecule has 0 unspecified atom stereocenters. The minimum absolute atomic E-state index is 0.383. The highest BCUT2D eigenvalue weighted by Crippen LogP contribution is 2.33. The van der Waals surface area contributed by atoms with Crippen molar-refractivity contribution in [1.29, 1.82) is 0 Å². The standard InChI is InChI=1S/C13H12Cl2F2N2OS/c14-9-3-2-8(6-18-9)7-19-4-1-5-21-13(19)10(15)11(20)12(16)17/h2-3,6,12H,1,4-5,7H2. The fraction of sp³-hybridized carbons (Fsp3) is 0.385. The predicted molar refractivity (Wildman–Crippen MR) is 80.6 cm³/mol. The van der Waals surface area contributed by atoms with E-state index in [4.69, 9.17) is 23.2 Å². The maximum atomic E-state index is 12.5. The number of pyridine rings is 1. The molecule has 114 valence electrons. The van der Waals surface area contributed by atoms with E-state index in [1.165, 1.54) is 11.8 Å². The molecule has 3 nitrogen and oxygen atoms in total. The van der Waals surface area contributed by atoms with Crippen LogP contribution in [0.5, 0.6) is 0 Å². The SMILES string of the molecule is O=C(C(Cl)=C1SCCCN1Cc1ccc(Cl)nc1)C(F)F. The van der Waals surface area contributed by atoms with Gasteiger partial charge in [0.05, 0.1) is 5.03 Å². The van der Waals surface area contributed by atoms with Crippen LogP contribution in [0.25, 0.3) is 0 Å². The minimum Gasteiger partial charge on any atom is -0.361 e. The van der Waals surface area contributed by atoms with Gasteiger partial charge in [-0.3, -0.25) is 4.79 Å². The molecule has 0 radical (unpaired) electrons. The quantitative estimate of drug-likeness (QED) is 0.607. The molecule has 0 amide bonds. The number of carbonyl (C=O) groups is 1. The van der Waals surface area contributed by atoms with Crippen molar-refractivity contribution in [3.05, 3.63) is 39.1 Å². The molecule has 0 bridgehead atoms. The molecule has 1 saturated heterocycles. The van der Waals surface area contributed by atoms with E-state index in [2.05, 4.69) is 4.98 Å². The summed E-state index contributed by atoms with van der Waals surface area (Å²) in [6.45, 7) is 1.09. The molecule has 0 atom stereocenters. The van der Waals surface area contributed by atoms with Crippen molar-refractivity contribution in [2.24, 2.45) is 0 Å². The number of Topliss-reactive ketones (excluding diaryl/α,β-unsaturated/α-hetero) is 1. The highest BCUT2D eigenvalue weighted by Gasteiger charge is 2.27. The van der Waals surface area contributed by atoms with E-state index < -0.39 is 17.2 Å². The highest BCUT2D eigenvalue weighted by molar-refractivity contribution is 8.03. The Kier molecular flexibility index (Phi) is 5.84. The number of halogens is 4. The summed E-state index contributed by atoms with van der Waals surface area (Å²) >= 11 is 12.9. The van der Waals surface area contributed by atoms with E-state index in [-0.39, 0.29) is 0 Å². The van der Waals surface area contributed by atoms with Gasteiger partial charge in [-0.2, -0.15) is 0 Å². The molecule has 1 fully saturated rings. The summed E-state index contributed by atoms with van der Waals surface area (Å²) in [5, 5.41) is 0.397. The van der Waals surface area contributed by atoms with Crippen LogP contribution in [-0.4, -0.2) is 34.4 Å². The van der Waals surface area contributed by atoms with Crippen LogP contribution in [0.15, 0.2) is 28.4 Å². The molecule has 1 aliphatic rings. The van der Waals surface area contributed by atoms with Crippen molar-refractivity contribution in [1.82, 2.24) is 9.88 Å². The van der Waals surface area contributed by atoms with Gasteiger partial charge in [0.1, 0.15) is 10.2 Å². The van der Waals surface area contributed by atoms with Crippen molar-refractivity contribution in [2.45, 2.75) is 19.4 Å². The zero-order valence-electron chi connectivity index (χ0n) is 10.9. The molecule has 1 aliphatic heterocycles. The first-order valence-corrected chi connectivity index (χ1v) is 7.93. The topological polar surface area (TPSA) is 33.2 Å². The maximum absolute atomic E-state index is 12.5. The summed E-state index contributed by atoms with van der Waals surface area (Å²) in [5.74, 6) is -0.586. The minimum atomic E-state index is -3.09. The van der Waals surface area contributed by atoms with Crippen LogP contribution in [-0.2, 0) is 11.3 Å². The van der Waals surface area contributed by atoms with E-state index >= 15 is 0 Å². The summed E-state index contributed by atoms with van der Waals surface area (Å²) in [5.41, 5.74) is 0.869. The number of thioether (sulfide) groups is 1. The second-order valence-corrected chi connectivity index (χ2v) is 6.25. The molecule has 1 aromatic rings. The Morgan fingerprint density at radius 2 is 2.24 bits per heavy atom. The molecular weight excluding hydrogens is 341 g/mol. The van der Waals surface area contributed by atoms with Gasteiger partial charge < -0.3 is 4.90 Å². The summed E-state index contributed by atoms with van der Waals surface area (Å²) in [6.07, 6.45) is -0.587. The molecular formula is C13H12Cl2F2N2OS. The van der Waals surface area contributed by atoms with Gasteiger partial charge in [-0.05, 0) is 18.1 Å². The lowest BCUT2D eigenvalue weighted by Crippen LogP contribution is -2.29. The predicted octanol–water partition coefficient (Wildman–Crippen LogP) is 3.92. The Morgan fingerprint density at radius 3 is 2.86 bits per heavy atom. The van der Waals surface area contributed by atoms with Gasteiger partial charge in [-0.15, -0.1) is 11.8 Å².